The van der Waals surface area contributed by atoms with Crippen molar-refractivity contribution < 1.29 is 22.7 Å². The number of pyridine rings is 1. The molecule has 0 bridgehead atoms. The molecule has 3 rings (SSSR count). The molecule has 2 heterocycles. The number of ether oxygens (including phenoxy) is 1. The van der Waals surface area contributed by atoms with E-state index in [1.165, 1.54) is 22.5 Å². The molecule has 3 aromatic rings. The number of alkyl halides is 3. The fourth-order valence-electron chi connectivity index (χ4n) is 2.46. The third kappa shape index (κ3) is 5.29. The lowest BCUT2D eigenvalue weighted by Crippen LogP contribution is -2.17. The average molecular weight is 422 g/mol. The van der Waals surface area contributed by atoms with Gasteiger partial charge in [-0.25, -0.2) is 4.98 Å². The van der Waals surface area contributed by atoms with Crippen molar-refractivity contribution in [2.45, 2.75) is 18.0 Å². The zero-order valence-corrected chi connectivity index (χ0v) is 16.3. The first-order chi connectivity index (χ1) is 13.8. The van der Waals surface area contributed by atoms with E-state index in [0.29, 0.717) is 17.3 Å². The highest BCUT2D eigenvalue weighted by atomic mass is 32.2. The highest BCUT2D eigenvalue weighted by Gasteiger charge is 2.30. The summed E-state index contributed by atoms with van der Waals surface area (Å²) in [5, 5.41) is 6.92. The first kappa shape index (κ1) is 20.7. The van der Waals surface area contributed by atoms with E-state index in [-0.39, 0.29) is 17.5 Å². The molecule has 1 amide bonds. The van der Waals surface area contributed by atoms with Crippen molar-refractivity contribution in [2.75, 3.05) is 18.2 Å². The van der Waals surface area contributed by atoms with Gasteiger partial charge in [-0.2, -0.15) is 23.0 Å². The molecule has 0 atom stereocenters. The fourth-order valence-corrected chi connectivity index (χ4v) is 3.21. The number of rotatable bonds is 6. The first-order valence-electron chi connectivity index (χ1n) is 8.43. The molecule has 0 aliphatic rings. The van der Waals surface area contributed by atoms with Gasteiger partial charge in [0.15, 0.2) is 5.82 Å². The fraction of sp³-hybridized carbons (Fsp3) is 0.211. The number of carbonyl (C=O) groups is 1. The number of thioether (sulfide) groups is 1. The molecule has 152 valence electrons. The van der Waals surface area contributed by atoms with E-state index in [2.05, 4.69) is 15.4 Å². The number of aryl methyl sites for hydroxylation is 1. The molecule has 6 nitrogen and oxygen atoms in total. The minimum absolute atomic E-state index is 0.137. The van der Waals surface area contributed by atoms with Crippen LogP contribution in [-0.4, -0.2) is 33.5 Å². The number of aromatic nitrogens is 3. The van der Waals surface area contributed by atoms with Crippen LogP contribution in [0.4, 0.5) is 19.0 Å². The van der Waals surface area contributed by atoms with Crippen molar-refractivity contribution in [3.8, 4) is 11.6 Å². The molecular weight excluding hydrogens is 405 g/mol. The van der Waals surface area contributed by atoms with Gasteiger partial charge in [0.2, 0.25) is 5.91 Å². The summed E-state index contributed by atoms with van der Waals surface area (Å²) >= 11 is 1.33. The van der Waals surface area contributed by atoms with Crippen LogP contribution >= 0.6 is 11.8 Å². The summed E-state index contributed by atoms with van der Waals surface area (Å²) in [4.78, 5) is 17.0. The number of methoxy groups -OCH3 is 1. The SMILES string of the molecule is COc1cccc(SCC(=O)Nc2cc(C)nn2-c2ccc(C(F)(F)F)cn2)c1. The third-order valence-electron chi connectivity index (χ3n) is 3.80. The smallest absolute Gasteiger partial charge is 0.417 e. The molecule has 0 aliphatic heterocycles. The second-order valence-corrected chi connectivity index (χ2v) is 7.05. The number of anilines is 1. The van der Waals surface area contributed by atoms with Crippen LogP contribution in [-0.2, 0) is 11.0 Å². The molecule has 1 aromatic carbocycles. The lowest BCUT2D eigenvalue weighted by atomic mass is 10.3. The number of benzene rings is 1. The van der Waals surface area contributed by atoms with Crippen LogP contribution in [0.15, 0.2) is 53.6 Å². The lowest BCUT2D eigenvalue weighted by Gasteiger charge is -2.10. The first-order valence-corrected chi connectivity index (χ1v) is 9.42. The summed E-state index contributed by atoms with van der Waals surface area (Å²) in [6.07, 6.45) is -3.74. The predicted molar refractivity (Wildman–Crippen MR) is 103 cm³/mol. The minimum atomic E-state index is -4.47. The van der Waals surface area contributed by atoms with E-state index >= 15 is 0 Å². The topological polar surface area (TPSA) is 69.0 Å². The number of nitrogens with zero attached hydrogens (tertiary/aromatic N) is 3. The Morgan fingerprint density at radius 2 is 2.03 bits per heavy atom. The van der Waals surface area contributed by atoms with Gasteiger partial charge in [-0.15, -0.1) is 11.8 Å². The highest BCUT2D eigenvalue weighted by molar-refractivity contribution is 8.00. The maximum Gasteiger partial charge on any atom is 0.417 e. The van der Waals surface area contributed by atoms with E-state index in [0.717, 1.165) is 17.2 Å². The average Bonchev–Trinajstić information content (AvgIpc) is 3.06. The second kappa shape index (κ2) is 8.56. The van der Waals surface area contributed by atoms with Crippen LogP contribution in [0.5, 0.6) is 5.75 Å². The van der Waals surface area contributed by atoms with Gasteiger partial charge in [0.25, 0.3) is 0 Å². The van der Waals surface area contributed by atoms with Crippen LogP contribution in [0.1, 0.15) is 11.3 Å². The zero-order chi connectivity index (χ0) is 21.0. The number of hydrogen-bond donors (Lipinski definition) is 1. The van der Waals surface area contributed by atoms with E-state index in [9.17, 15) is 18.0 Å². The normalized spacial score (nSPS) is 11.3. The number of carbonyl (C=O) groups excluding carboxylic acids is 1. The van der Waals surface area contributed by atoms with Crippen molar-refractivity contribution in [1.82, 2.24) is 14.8 Å². The molecule has 10 heteroatoms. The zero-order valence-electron chi connectivity index (χ0n) is 15.5. The predicted octanol–water partition coefficient (Wildman–Crippen LogP) is 4.33. The molecule has 2 aromatic heterocycles. The Kier molecular flexibility index (Phi) is 6.12. The molecule has 0 fully saturated rings. The molecule has 0 spiro atoms. The van der Waals surface area contributed by atoms with Gasteiger partial charge >= 0.3 is 6.18 Å². The van der Waals surface area contributed by atoms with Crippen molar-refractivity contribution in [3.05, 3.63) is 59.9 Å². The van der Waals surface area contributed by atoms with Gasteiger partial charge in [0, 0.05) is 17.2 Å². The molecule has 0 aliphatic carbocycles. The maximum atomic E-state index is 12.7. The quantitative estimate of drug-likeness (QED) is 0.599. The number of hydrogen-bond acceptors (Lipinski definition) is 5. The van der Waals surface area contributed by atoms with Crippen molar-refractivity contribution in [1.29, 1.82) is 0 Å². The van der Waals surface area contributed by atoms with Gasteiger partial charge in [-0.05, 0) is 37.3 Å². The summed E-state index contributed by atoms with van der Waals surface area (Å²) in [6.45, 7) is 1.71. The van der Waals surface area contributed by atoms with Crippen LogP contribution in [0.2, 0.25) is 0 Å². The van der Waals surface area contributed by atoms with E-state index in [1.807, 2.05) is 24.3 Å². The third-order valence-corrected chi connectivity index (χ3v) is 4.80. The monoisotopic (exact) mass is 422 g/mol. The van der Waals surface area contributed by atoms with Crippen LogP contribution < -0.4 is 10.1 Å². The molecule has 29 heavy (non-hydrogen) atoms. The summed E-state index contributed by atoms with van der Waals surface area (Å²) < 4.78 is 44.6. The summed E-state index contributed by atoms with van der Waals surface area (Å²) in [7, 11) is 1.56. The molecule has 1 N–H and O–H groups in total. The van der Waals surface area contributed by atoms with E-state index in [4.69, 9.17) is 4.74 Å². The van der Waals surface area contributed by atoms with Gasteiger partial charge in [-0.3, -0.25) is 4.79 Å². The van der Waals surface area contributed by atoms with Gasteiger partial charge < -0.3 is 10.1 Å². The van der Waals surface area contributed by atoms with Crippen molar-refractivity contribution in [2.24, 2.45) is 0 Å². The van der Waals surface area contributed by atoms with E-state index < -0.39 is 11.7 Å². The number of nitrogens with one attached hydrogen (secondary N) is 1. The lowest BCUT2D eigenvalue weighted by molar-refractivity contribution is -0.137. The standard InChI is InChI=1S/C19H17F3N4O2S/c1-12-8-17(24-18(27)11-29-15-5-3-4-14(9-15)28-2)26(25-12)16-7-6-13(10-23-16)19(20,21)22/h3-10H,11H2,1-2H3,(H,24,27). The number of amides is 1. The molecular formula is C19H17F3N4O2S. The van der Waals surface area contributed by atoms with Gasteiger partial charge in [0.05, 0.1) is 24.1 Å². The van der Waals surface area contributed by atoms with Crippen molar-refractivity contribution >= 4 is 23.5 Å². The Hall–Kier alpha value is -3.01. The highest BCUT2D eigenvalue weighted by Crippen LogP contribution is 2.29. The molecule has 0 unspecified atom stereocenters. The Labute approximate surface area is 169 Å². The van der Waals surface area contributed by atoms with Crippen molar-refractivity contribution in [3.63, 3.8) is 0 Å². The summed E-state index contributed by atoms with van der Waals surface area (Å²) in [5.74, 6) is 1.04. The largest absolute Gasteiger partial charge is 0.497 e. The Bertz CT molecular complexity index is 1000. The second-order valence-electron chi connectivity index (χ2n) is 6.00. The van der Waals surface area contributed by atoms with Gasteiger partial charge in [0.1, 0.15) is 11.6 Å². The van der Waals surface area contributed by atoms with Crippen LogP contribution in [0.25, 0.3) is 5.82 Å². The molecule has 0 radical (unpaired) electrons. The Morgan fingerprint density at radius 3 is 2.69 bits per heavy atom. The summed E-state index contributed by atoms with van der Waals surface area (Å²) in [6, 6.07) is 11.1. The maximum absolute atomic E-state index is 12.7. The Morgan fingerprint density at radius 1 is 1.24 bits per heavy atom. The summed E-state index contributed by atoms with van der Waals surface area (Å²) in [5.41, 5.74) is -0.271. The minimum Gasteiger partial charge on any atom is -0.497 e. The van der Waals surface area contributed by atoms with E-state index in [1.54, 1.807) is 20.1 Å². The molecule has 0 saturated heterocycles. The Balaban J connectivity index is 1.71. The number of halogens is 3. The van der Waals surface area contributed by atoms with Gasteiger partial charge in [-0.1, -0.05) is 6.07 Å². The van der Waals surface area contributed by atoms with Crippen LogP contribution in [0.3, 0.4) is 0 Å². The molecule has 0 saturated carbocycles. The van der Waals surface area contributed by atoms with Crippen LogP contribution in [0, 0.1) is 6.92 Å².